The maximum absolute atomic E-state index is 12.3. The number of rotatable bonds is 7. The third kappa shape index (κ3) is 4.83. The highest BCUT2D eigenvalue weighted by Crippen LogP contribution is 2.29. The molecule has 0 aromatic heterocycles. The Labute approximate surface area is 159 Å². The van der Waals surface area contributed by atoms with E-state index >= 15 is 0 Å². The molecule has 0 unspecified atom stereocenters. The summed E-state index contributed by atoms with van der Waals surface area (Å²) in [5, 5.41) is 25.2. The number of benzene rings is 2. The van der Waals surface area contributed by atoms with Crippen LogP contribution in [-0.4, -0.2) is 23.8 Å². The Bertz CT molecular complexity index is 992. The Hall–Kier alpha value is -4.39. The average molecular weight is 381 g/mol. The van der Waals surface area contributed by atoms with Crippen molar-refractivity contribution < 1.29 is 19.2 Å². The molecule has 0 aliphatic rings. The van der Waals surface area contributed by atoms with Gasteiger partial charge in [0.1, 0.15) is 17.4 Å². The lowest BCUT2D eigenvalue weighted by atomic mass is 10.2. The topological polar surface area (TPSA) is 160 Å². The van der Waals surface area contributed by atoms with Crippen molar-refractivity contribution >= 4 is 28.9 Å². The molecule has 4 N–H and O–H groups in total. The molecule has 0 atom stereocenters. The van der Waals surface area contributed by atoms with Gasteiger partial charge in [-0.2, -0.15) is 5.26 Å². The van der Waals surface area contributed by atoms with Gasteiger partial charge in [0.25, 0.3) is 11.6 Å². The minimum atomic E-state index is -0.740. The highest BCUT2D eigenvalue weighted by atomic mass is 16.6. The molecule has 28 heavy (non-hydrogen) atoms. The first-order chi connectivity index (χ1) is 13.3. The first-order valence-corrected chi connectivity index (χ1v) is 7.76. The maximum Gasteiger partial charge on any atom is 0.273 e. The van der Waals surface area contributed by atoms with Crippen LogP contribution in [0.1, 0.15) is 10.4 Å². The van der Waals surface area contributed by atoms with E-state index in [0.717, 1.165) is 6.07 Å². The van der Waals surface area contributed by atoms with Gasteiger partial charge in [-0.1, -0.05) is 0 Å². The number of nitrogens with one attached hydrogen (secondary N) is 2. The number of primary amides is 1. The molecule has 2 rings (SSSR count). The summed E-state index contributed by atoms with van der Waals surface area (Å²) in [5.41, 5.74) is 5.72. The van der Waals surface area contributed by atoms with Gasteiger partial charge in [0.2, 0.25) is 5.91 Å². The molecule has 0 heterocycles. The quantitative estimate of drug-likeness (QED) is 0.286. The molecular formula is C18H15N5O5. The molecule has 0 saturated heterocycles. The smallest absolute Gasteiger partial charge is 0.273 e. The van der Waals surface area contributed by atoms with E-state index in [1.165, 1.54) is 37.6 Å². The van der Waals surface area contributed by atoms with E-state index in [1.807, 2.05) is 0 Å². The van der Waals surface area contributed by atoms with Crippen molar-refractivity contribution in [2.45, 2.75) is 0 Å². The third-order valence-electron chi connectivity index (χ3n) is 3.56. The van der Waals surface area contributed by atoms with Gasteiger partial charge in [-0.3, -0.25) is 19.7 Å². The van der Waals surface area contributed by atoms with Crippen molar-refractivity contribution in [2.75, 3.05) is 17.7 Å². The van der Waals surface area contributed by atoms with E-state index in [2.05, 4.69) is 10.6 Å². The lowest BCUT2D eigenvalue weighted by Gasteiger charge is -2.09. The van der Waals surface area contributed by atoms with Crippen LogP contribution < -0.4 is 21.1 Å². The largest absolute Gasteiger partial charge is 0.494 e. The monoisotopic (exact) mass is 381 g/mol. The number of amides is 2. The zero-order chi connectivity index (χ0) is 20.7. The van der Waals surface area contributed by atoms with Crippen LogP contribution in [0.15, 0.2) is 54.2 Å². The van der Waals surface area contributed by atoms with E-state index < -0.39 is 16.7 Å². The minimum Gasteiger partial charge on any atom is -0.494 e. The van der Waals surface area contributed by atoms with Gasteiger partial charge in [-0.25, -0.2) is 0 Å². The Morgan fingerprint density at radius 3 is 2.46 bits per heavy atom. The van der Waals surface area contributed by atoms with Gasteiger partial charge >= 0.3 is 0 Å². The second kappa shape index (κ2) is 8.81. The maximum atomic E-state index is 12.3. The summed E-state index contributed by atoms with van der Waals surface area (Å²) < 4.78 is 5.04. The van der Waals surface area contributed by atoms with E-state index in [0.29, 0.717) is 11.3 Å². The summed E-state index contributed by atoms with van der Waals surface area (Å²) in [4.78, 5) is 33.6. The molecule has 0 radical (unpaired) electrons. The molecule has 0 aliphatic carbocycles. The van der Waals surface area contributed by atoms with Crippen molar-refractivity contribution in [2.24, 2.45) is 5.73 Å². The summed E-state index contributed by atoms with van der Waals surface area (Å²) in [6, 6.07) is 11.5. The van der Waals surface area contributed by atoms with E-state index in [-0.39, 0.29) is 22.7 Å². The van der Waals surface area contributed by atoms with Crippen LogP contribution >= 0.6 is 0 Å². The van der Waals surface area contributed by atoms with E-state index in [4.69, 9.17) is 10.5 Å². The summed E-state index contributed by atoms with van der Waals surface area (Å²) in [6.45, 7) is 0. The summed E-state index contributed by atoms with van der Waals surface area (Å²) in [5.74, 6) is -1.23. The van der Waals surface area contributed by atoms with Crippen LogP contribution in [0.5, 0.6) is 5.75 Å². The molecule has 10 heteroatoms. The molecule has 0 saturated carbocycles. The first kappa shape index (κ1) is 19.9. The minimum absolute atomic E-state index is 0.0786. The Morgan fingerprint density at radius 1 is 1.25 bits per heavy atom. The van der Waals surface area contributed by atoms with Crippen LogP contribution in [0.3, 0.4) is 0 Å². The number of nitrogens with two attached hydrogens (primary N) is 1. The van der Waals surface area contributed by atoms with E-state index in [1.54, 1.807) is 18.2 Å². The normalized spacial score (nSPS) is 10.5. The van der Waals surface area contributed by atoms with E-state index in [9.17, 15) is 25.0 Å². The number of nitro benzene ring substituents is 1. The number of nitro groups is 1. The number of hydrogen-bond donors (Lipinski definition) is 3. The standard InChI is InChI=1S/C18H15N5O5/c1-28-16-8-14(23(26)27)6-7-15(16)22-18(25)12(9-19)10-21-13-4-2-11(3-5-13)17(20)24/h2-8,10,21H,1H3,(H2,20,24)(H,22,25)/b12-10-. The van der Waals surface area contributed by atoms with Crippen LogP contribution in [0.4, 0.5) is 17.1 Å². The summed E-state index contributed by atoms with van der Waals surface area (Å²) >= 11 is 0. The molecular weight excluding hydrogens is 366 g/mol. The Morgan fingerprint density at radius 2 is 1.93 bits per heavy atom. The fourth-order valence-electron chi connectivity index (χ4n) is 2.12. The number of nitrogens with zero attached hydrogens (tertiary/aromatic N) is 2. The van der Waals surface area contributed by atoms with Crippen LogP contribution in [0, 0.1) is 21.4 Å². The number of nitriles is 1. The molecule has 0 fully saturated rings. The average Bonchev–Trinajstić information content (AvgIpc) is 2.68. The van der Waals surface area contributed by atoms with Crippen molar-refractivity contribution in [3.63, 3.8) is 0 Å². The van der Waals surface area contributed by atoms with Crippen molar-refractivity contribution in [3.8, 4) is 11.8 Å². The lowest BCUT2D eigenvalue weighted by molar-refractivity contribution is -0.384. The summed E-state index contributed by atoms with van der Waals surface area (Å²) in [6.07, 6.45) is 1.19. The van der Waals surface area contributed by atoms with Crippen molar-refractivity contribution in [1.82, 2.24) is 0 Å². The Kier molecular flexibility index (Phi) is 6.27. The number of hydrogen-bond acceptors (Lipinski definition) is 7. The van der Waals surface area contributed by atoms with Crippen LogP contribution in [0.25, 0.3) is 0 Å². The lowest BCUT2D eigenvalue weighted by Crippen LogP contribution is -2.15. The number of non-ortho nitro benzene ring substituents is 1. The molecule has 0 bridgehead atoms. The number of methoxy groups -OCH3 is 1. The Balaban J connectivity index is 2.15. The zero-order valence-electron chi connectivity index (χ0n) is 14.6. The predicted octanol–water partition coefficient (Wildman–Crippen LogP) is 2.16. The second-order valence-corrected chi connectivity index (χ2v) is 5.35. The predicted molar refractivity (Wildman–Crippen MR) is 101 cm³/mol. The highest BCUT2D eigenvalue weighted by Gasteiger charge is 2.15. The van der Waals surface area contributed by atoms with Gasteiger partial charge in [-0.05, 0) is 30.3 Å². The van der Waals surface area contributed by atoms with Crippen LogP contribution in [-0.2, 0) is 4.79 Å². The molecule has 10 nitrogen and oxygen atoms in total. The number of ether oxygens (including phenoxy) is 1. The molecule has 2 aromatic carbocycles. The fraction of sp³-hybridized carbons (Fsp3) is 0.0556. The molecule has 142 valence electrons. The SMILES string of the molecule is COc1cc([N+](=O)[O-])ccc1NC(=O)/C(C#N)=C\Nc1ccc(C(N)=O)cc1. The van der Waals surface area contributed by atoms with Gasteiger partial charge in [-0.15, -0.1) is 0 Å². The van der Waals surface area contributed by atoms with Gasteiger partial charge in [0, 0.05) is 23.5 Å². The van der Waals surface area contributed by atoms with Gasteiger partial charge in [0.05, 0.1) is 23.8 Å². The van der Waals surface area contributed by atoms with Crippen molar-refractivity contribution in [3.05, 3.63) is 69.9 Å². The molecule has 2 amide bonds. The highest BCUT2D eigenvalue weighted by molar-refractivity contribution is 6.07. The fourth-order valence-corrected chi connectivity index (χ4v) is 2.12. The number of carbonyl (C=O) groups is 2. The first-order valence-electron chi connectivity index (χ1n) is 7.76. The summed E-state index contributed by atoms with van der Waals surface area (Å²) in [7, 11) is 1.30. The molecule has 2 aromatic rings. The number of carbonyl (C=O) groups excluding carboxylic acids is 2. The molecule has 0 spiro atoms. The third-order valence-corrected chi connectivity index (χ3v) is 3.56. The van der Waals surface area contributed by atoms with Crippen LogP contribution in [0.2, 0.25) is 0 Å². The second-order valence-electron chi connectivity index (χ2n) is 5.35. The van der Waals surface area contributed by atoms with Gasteiger partial charge < -0.3 is 21.1 Å². The number of anilines is 2. The van der Waals surface area contributed by atoms with Crippen molar-refractivity contribution in [1.29, 1.82) is 5.26 Å². The zero-order valence-corrected chi connectivity index (χ0v) is 14.6. The molecule has 0 aliphatic heterocycles. The van der Waals surface area contributed by atoms with Gasteiger partial charge in [0.15, 0.2) is 0 Å².